The van der Waals surface area contributed by atoms with Crippen LogP contribution < -0.4 is 5.69 Å². The predicted octanol–water partition coefficient (Wildman–Crippen LogP) is 3.75. The standard InChI is InChI=1S/C25H27N7O/c1-4-5-9-23-28-32(15-14-18(2)3)25(33)31(23)17-19-10-12-20(13-11-19)21-7-6-8-22(16-21)24-26-29-30-27-24/h6-8,10-13,16,18H,4,14-15,17H2,1-3H3,(H,26,27,29,30). The maximum absolute atomic E-state index is 13.0. The molecule has 0 saturated heterocycles. The van der Waals surface area contributed by atoms with Crippen LogP contribution in [0.3, 0.4) is 0 Å². The molecule has 4 aromatic rings. The minimum Gasteiger partial charge on any atom is -0.264 e. The summed E-state index contributed by atoms with van der Waals surface area (Å²) in [7, 11) is 0. The van der Waals surface area contributed by atoms with Gasteiger partial charge in [0, 0.05) is 18.5 Å². The predicted molar refractivity (Wildman–Crippen MR) is 127 cm³/mol. The van der Waals surface area contributed by atoms with Crippen LogP contribution in [0.2, 0.25) is 0 Å². The van der Waals surface area contributed by atoms with Crippen molar-refractivity contribution in [2.45, 2.75) is 46.7 Å². The second-order valence-electron chi connectivity index (χ2n) is 8.28. The lowest BCUT2D eigenvalue weighted by Crippen LogP contribution is -2.26. The van der Waals surface area contributed by atoms with Gasteiger partial charge in [-0.15, -0.1) is 10.2 Å². The van der Waals surface area contributed by atoms with Crippen molar-refractivity contribution < 1.29 is 0 Å². The zero-order valence-corrected chi connectivity index (χ0v) is 19.1. The van der Waals surface area contributed by atoms with E-state index in [1.807, 2.05) is 43.3 Å². The SMILES string of the molecule is CCC#Cc1nn(CCC(C)C)c(=O)n1Cc1ccc(-c2cccc(-c3nnn[nH]3)c2)cc1. The topological polar surface area (TPSA) is 94.3 Å². The molecular weight excluding hydrogens is 414 g/mol. The van der Waals surface area contributed by atoms with Crippen molar-refractivity contribution in [1.29, 1.82) is 0 Å². The Morgan fingerprint density at radius 2 is 1.85 bits per heavy atom. The van der Waals surface area contributed by atoms with Crippen LogP contribution in [0.1, 0.15) is 45.0 Å². The molecule has 8 nitrogen and oxygen atoms in total. The smallest absolute Gasteiger partial charge is 0.264 e. The van der Waals surface area contributed by atoms with Crippen molar-refractivity contribution in [3.05, 3.63) is 70.4 Å². The Kier molecular flexibility index (Phi) is 6.79. The first-order valence-electron chi connectivity index (χ1n) is 11.1. The van der Waals surface area contributed by atoms with E-state index in [0.717, 1.165) is 28.7 Å². The summed E-state index contributed by atoms with van der Waals surface area (Å²) in [6, 6.07) is 16.2. The number of tetrazole rings is 1. The molecule has 0 fully saturated rings. The molecule has 0 spiro atoms. The second kappa shape index (κ2) is 10.1. The molecule has 0 atom stereocenters. The average Bonchev–Trinajstić information content (AvgIpc) is 3.46. The highest BCUT2D eigenvalue weighted by Crippen LogP contribution is 2.24. The third-order valence-electron chi connectivity index (χ3n) is 5.33. The van der Waals surface area contributed by atoms with Crippen LogP contribution in [0.15, 0.2) is 53.3 Å². The van der Waals surface area contributed by atoms with Crippen molar-refractivity contribution in [1.82, 2.24) is 35.0 Å². The monoisotopic (exact) mass is 441 g/mol. The number of aryl methyl sites for hydroxylation is 1. The van der Waals surface area contributed by atoms with Gasteiger partial charge in [0.2, 0.25) is 5.82 Å². The van der Waals surface area contributed by atoms with Crippen molar-refractivity contribution >= 4 is 0 Å². The number of hydrogen-bond acceptors (Lipinski definition) is 5. The van der Waals surface area contributed by atoms with Crippen LogP contribution in [0.4, 0.5) is 0 Å². The molecule has 2 heterocycles. The highest BCUT2D eigenvalue weighted by Gasteiger charge is 2.13. The van der Waals surface area contributed by atoms with Gasteiger partial charge in [0.1, 0.15) is 0 Å². The Morgan fingerprint density at radius 1 is 1.06 bits per heavy atom. The number of aromatic nitrogens is 7. The molecule has 4 rings (SSSR count). The molecule has 2 aromatic heterocycles. The van der Waals surface area contributed by atoms with E-state index in [4.69, 9.17) is 0 Å². The minimum atomic E-state index is -0.117. The van der Waals surface area contributed by atoms with Crippen LogP contribution >= 0.6 is 0 Å². The molecule has 8 heteroatoms. The molecule has 0 bridgehead atoms. The molecule has 1 N–H and O–H groups in total. The lowest BCUT2D eigenvalue weighted by molar-refractivity contribution is 0.473. The molecule has 0 radical (unpaired) electrons. The van der Waals surface area contributed by atoms with Crippen LogP contribution in [0, 0.1) is 17.8 Å². The molecule has 0 aliphatic carbocycles. The van der Waals surface area contributed by atoms with Gasteiger partial charge in [-0.3, -0.25) is 4.57 Å². The largest absolute Gasteiger partial charge is 0.347 e. The van der Waals surface area contributed by atoms with Gasteiger partial charge < -0.3 is 0 Å². The summed E-state index contributed by atoms with van der Waals surface area (Å²) in [5.41, 5.74) is 3.94. The Balaban J connectivity index is 1.58. The molecule has 0 aliphatic rings. The van der Waals surface area contributed by atoms with E-state index in [1.165, 1.54) is 4.68 Å². The first-order chi connectivity index (χ1) is 16.0. The van der Waals surface area contributed by atoms with Crippen molar-refractivity contribution in [3.8, 4) is 34.4 Å². The number of H-pyrrole nitrogens is 1. The maximum Gasteiger partial charge on any atom is 0.347 e. The van der Waals surface area contributed by atoms with Gasteiger partial charge in [0.25, 0.3) is 0 Å². The lowest BCUT2D eigenvalue weighted by atomic mass is 10.0. The molecular formula is C25H27N7O. The van der Waals surface area contributed by atoms with Gasteiger partial charge in [-0.25, -0.2) is 14.6 Å². The van der Waals surface area contributed by atoms with Gasteiger partial charge in [-0.2, -0.15) is 0 Å². The highest BCUT2D eigenvalue weighted by atomic mass is 16.2. The van der Waals surface area contributed by atoms with Gasteiger partial charge >= 0.3 is 5.69 Å². The van der Waals surface area contributed by atoms with Gasteiger partial charge in [0.15, 0.2) is 5.82 Å². The maximum atomic E-state index is 13.0. The van der Waals surface area contributed by atoms with Crippen LogP contribution in [0.25, 0.3) is 22.5 Å². The number of hydrogen-bond donors (Lipinski definition) is 1. The highest BCUT2D eigenvalue weighted by molar-refractivity contribution is 5.70. The first-order valence-corrected chi connectivity index (χ1v) is 11.1. The summed E-state index contributed by atoms with van der Waals surface area (Å²) in [5, 5.41) is 18.5. The summed E-state index contributed by atoms with van der Waals surface area (Å²) in [6.45, 7) is 7.29. The Hall–Kier alpha value is -3.99. The Morgan fingerprint density at radius 3 is 2.55 bits per heavy atom. The number of aromatic amines is 1. The molecule has 2 aromatic carbocycles. The molecule has 0 saturated carbocycles. The number of nitrogens with zero attached hydrogens (tertiary/aromatic N) is 6. The molecule has 0 amide bonds. The van der Waals surface area contributed by atoms with Crippen molar-refractivity contribution in [3.63, 3.8) is 0 Å². The van der Waals surface area contributed by atoms with Crippen LogP contribution in [-0.4, -0.2) is 35.0 Å². The van der Waals surface area contributed by atoms with E-state index >= 15 is 0 Å². The zero-order chi connectivity index (χ0) is 23.2. The fraction of sp³-hybridized carbons (Fsp3) is 0.320. The average molecular weight is 442 g/mol. The van der Waals surface area contributed by atoms with Gasteiger partial charge in [-0.05, 0) is 51.4 Å². The van der Waals surface area contributed by atoms with E-state index in [-0.39, 0.29) is 5.69 Å². The fourth-order valence-corrected chi connectivity index (χ4v) is 3.48. The van der Waals surface area contributed by atoms with E-state index in [1.54, 1.807) is 4.57 Å². The molecule has 168 valence electrons. The summed E-state index contributed by atoms with van der Waals surface area (Å²) in [5.74, 6) is 7.74. The molecule has 0 unspecified atom stereocenters. The Labute approximate surface area is 192 Å². The van der Waals surface area contributed by atoms with E-state index in [9.17, 15) is 4.79 Å². The zero-order valence-electron chi connectivity index (χ0n) is 19.1. The lowest BCUT2D eigenvalue weighted by Gasteiger charge is -2.07. The molecule has 0 aliphatic heterocycles. The summed E-state index contributed by atoms with van der Waals surface area (Å²) < 4.78 is 3.20. The molecule has 33 heavy (non-hydrogen) atoms. The van der Waals surface area contributed by atoms with Crippen molar-refractivity contribution in [2.75, 3.05) is 0 Å². The minimum absolute atomic E-state index is 0.117. The number of rotatable bonds is 7. The number of nitrogens with one attached hydrogen (secondary N) is 1. The van der Waals surface area contributed by atoms with Crippen molar-refractivity contribution in [2.24, 2.45) is 5.92 Å². The first kappa shape index (κ1) is 22.2. The van der Waals surface area contributed by atoms with Gasteiger partial charge in [-0.1, -0.05) is 69.2 Å². The van der Waals surface area contributed by atoms with E-state index in [2.05, 4.69) is 63.5 Å². The third kappa shape index (κ3) is 5.26. The summed E-state index contributed by atoms with van der Waals surface area (Å²) in [4.78, 5) is 13.0. The van der Waals surface area contributed by atoms with Crippen LogP contribution in [-0.2, 0) is 13.1 Å². The second-order valence-corrected chi connectivity index (χ2v) is 8.28. The summed E-state index contributed by atoms with van der Waals surface area (Å²) >= 11 is 0. The van der Waals surface area contributed by atoms with E-state index in [0.29, 0.717) is 37.1 Å². The third-order valence-corrected chi connectivity index (χ3v) is 5.33. The van der Waals surface area contributed by atoms with Gasteiger partial charge in [0.05, 0.1) is 6.54 Å². The fourth-order valence-electron chi connectivity index (χ4n) is 3.48. The Bertz CT molecular complexity index is 1320. The summed E-state index contributed by atoms with van der Waals surface area (Å²) in [6.07, 6.45) is 1.61. The number of benzene rings is 2. The quantitative estimate of drug-likeness (QED) is 0.441. The van der Waals surface area contributed by atoms with E-state index < -0.39 is 0 Å². The van der Waals surface area contributed by atoms with Crippen LogP contribution in [0.5, 0.6) is 0 Å². The normalized spacial score (nSPS) is 10.9.